The first-order valence-electron chi connectivity index (χ1n) is 9.80. The minimum Gasteiger partial charge on any atom is -0.379 e. The molecule has 29 heavy (non-hydrogen) atoms. The minimum absolute atomic E-state index is 0.0940. The third-order valence-electron chi connectivity index (χ3n) is 4.83. The lowest BCUT2D eigenvalue weighted by atomic mass is 10.1. The fourth-order valence-corrected chi connectivity index (χ4v) is 3.35. The summed E-state index contributed by atoms with van der Waals surface area (Å²) >= 11 is 5.84. The van der Waals surface area contributed by atoms with Crippen LogP contribution in [0, 0.1) is 0 Å². The van der Waals surface area contributed by atoms with Crippen molar-refractivity contribution in [3.8, 4) is 0 Å². The molecule has 0 radical (unpaired) electrons. The molecule has 7 heteroatoms. The Morgan fingerprint density at radius 3 is 2.41 bits per heavy atom. The number of carbonyl (C=O) groups excluding carboxylic acids is 2. The van der Waals surface area contributed by atoms with E-state index < -0.39 is 0 Å². The molecule has 0 aliphatic carbocycles. The van der Waals surface area contributed by atoms with Crippen molar-refractivity contribution in [1.29, 1.82) is 0 Å². The lowest BCUT2D eigenvalue weighted by Gasteiger charge is -2.31. The van der Waals surface area contributed by atoms with Gasteiger partial charge in [0.2, 0.25) is 5.91 Å². The molecule has 1 heterocycles. The summed E-state index contributed by atoms with van der Waals surface area (Å²) in [5.74, 6) is -0.314. The number of carbonyl (C=O) groups is 2. The molecule has 2 amide bonds. The molecule has 1 aliphatic rings. The smallest absolute Gasteiger partial charge is 0.251 e. The van der Waals surface area contributed by atoms with Crippen LogP contribution in [0.2, 0.25) is 5.02 Å². The van der Waals surface area contributed by atoms with Gasteiger partial charge in [-0.05, 0) is 29.8 Å². The van der Waals surface area contributed by atoms with Gasteiger partial charge in [-0.2, -0.15) is 0 Å². The van der Waals surface area contributed by atoms with Gasteiger partial charge in [-0.1, -0.05) is 41.9 Å². The Hall–Kier alpha value is -2.41. The van der Waals surface area contributed by atoms with Crippen LogP contribution in [0.1, 0.15) is 28.4 Å². The second-order valence-electron chi connectivity index (χ2n) is 6.96. The van der Waals surface area contributed by atoms with E-state index in [-0.39, 0.29) is 30.8 Å². The van der Waals surface area contributed by atoms with Crippen LogP contribution < -0.4 is 10.6 Å². The van der Waals surface area contributed by atoms with E-state index in [1.807, 2.05) is 30.3 Å². The summed E-state index contributed by atoms with van der Waals surface area (Å²) in [5.41, 5.74) is 1.59. The Balaban J connectivity index is 1.51. The zero-order valence-corrected chi connectivity index (χ0v) is 17.0. The zero-order chi connectivity index (χ0) is 20.5. The Labute approximate surface area is 176 Å². The van der Waals surface area contributed by atoms with Crippen molar-refractivity contribution in [3.63, 3.8) is 0 Å². The fraction of sp³-hybridized carbons (Fsp3) is 0.364. The quantitative estimate of drug-likeness (QED) is 0.695. The van der Waals surface area contributed by atoms with E-state index in [2.05, 4.69) is 15.5 Å². The molecule has 1 aliphatic heterocycles. The number of nitrogens with zero attached hydrogens (tertiary/aromatic N) is 1. The van der Waals surface area contributed by atoms with Gasteiger partial charge in [0.1, 0.15) is 0 Å². The SMILES string of the molecule is O=C(CCNC(=O)c1ccc(Cl)cc1)N[C@H](CN1CCOCC1)c1ccccc1. The van der Waals surface area contributed by atoms with Gasteiger partial charge in [-0.15, -0.1) is 0 Å². The van der Waals surface area contributed by atoms with Gasteiger partial charge in [0, 0.05) is 43.2 Å². The Bertz CT molecular complexity index is 793. The number of halogens is 1. The molecule has 6 nitrogen and oxygen atoms in total. The van der Waals surface area contributed by atoms with E-state index in [9.17, 15) is 9.59 Å². The lowest BCUT2D eigenvalue weighted by Crippen LogP contribution is -2.43. The number of hydrogen-bond donors (Lipinski definition) is 2. The molecule has 1 fully saturated rings. The van der Waals surface area contributed by atoms with Crippen LogP contribution in [-0.4, -0.2) is 56.1 Å². The van der Waals surface area contributed by atoms with Crippen LogP contribution >= 0.6 is 11.6 Å². The van der Waals surface area contributed by atoms with Crippen molar-refractivity contribution < 1.29 is 14.3 Å². The molecule has 3 rings (SSSR count). The van der Waals surface area contributed by atoms with Gasteiger partial charge in [0.05, 0.1) is 19.3 Å². The van der Waals surface area contributed by atoms with Gasteiger partial charge < -0.3 is 15.4 Å². The Morgan fingerprint density at radius 2 is 1.72 bits per heavy atom. The van der Waals surface area contributed by atoms with Gasteiger partial charge in [-0.3, -0.25) is 14.5 Å². The Morgan fingerprint density at radius 1 is 1.03 bits per heavy atom. The van der Waals surface area contributed by atoms with E-state index in [0.717, 1.165) is 25.2 Å². The average molecular weight is 416 g/mol. The molecule has 1 saturated heterocycles. The van der Waals surface area contributed by atoms with E-state index >= 15 is 0 Å². The summed E-state index contributed by atoms with van der Waals surface area (Å²) in [6.45, 7) is 4.15. The summed E-state index contributed by atoms with van der Waals surface area (Å²) in [6.07, 6.45) is 0.214. The topological polar surface area (TPSA) is 70.7 Å². The van der Waals surface area contributed by atoms with Gasteiger partial charge in [0.25, 0.3) is 5.91 Å². The summed E-state index contributed by atoms with van der Waals surface area (Å²) in [5, 5.41) is 6.46. The number of rotatable bonds is 8. The molecule has 1 atom stereocenters. The molecule has 2 aromatic rings. The third kappa shape index (κ3) is 6.85. The first kappa shape index (κ1) is 21.3. The predicted molar refractivity (Wildman–Crippen MR) is 113 cm³/mol. The highest BCUT2D eigenvalue weighted by Crippen LogP contribution is 2.15. The maximum atomic E-state index is 12.5. The first-order valence-corrected chi connectivity index (χ1v) is 10.2. The summed E-state index contributed by atoms with van der Waals surface area (Å²) in [4.78, 5) is 26.9. The minimum atomic E-state index is -0.220. The van der Waals surface area contributed by atoms with E-state index in [0.29, 0.717) is 23.8 Å². The lowest BCUT2D eigenvalue weighted by molar-refractivity contribution is -0.121. The van der Waals surface area contributed by atoms with E-state index in [1.54, 1.807) is 24.3 Å². The molecule has 2 aromatic carbocycles. The molecule has 0 saturated carbocycles. The summed E-state index contributed by atoms with van der Waals surface area (Å²) in [6, 6.07) is 16.5. The third-order valence-corrected chi connectivity index (χ3v) is 5.08. The monoisotopic (exact) mass is 415 g/mol. The predicted octanol–water partition coefficient (Wildman–Crippen LogP) is 2.65. The largest absolute Gasteiger partial charge is 0.379 e. The number of amides is 2. The van der Waals surface area contributed by atoms with Crippen molar-refractivity contribution in [2.45, 2.75) is 12.5 Å². The summed E-state index contributed by atoms with van der Waals surface area (Å²) < 4.78 is 5.41. The number of benzene rings is 2. The second kappa shape index (κ2) is 11.0. The van der Waals surface area contributed by atoms with Gasteiger partial charge >= 0.3 is 0 Å². The van der Waals surface area contributed by atoms with Crippen molar-refractivity contribution >= 4 is 23.4 Å². The highest BCUT2D eigenvalue weighted by Gasteiger charge is 2.20. The molecular weight excluding hydrogens is 390 g/mol. The van der Waals surface area contributed by atoms with Crippen LogP contribution in [0.4, 0.5) is 0 Å². The Kier molecular flexibility index (Phi) is 8.04. The van der Waals surface area contributed by atoms with Crippen molar-refractivity contribution in [3.05, 3.63) is 70.7 Å². The van der Waals surface area contributed by atoms with Crippen LogP contribution in [0.5, 0.6) is 0 Å². The summed E-state index contributed by atoms with van der Waals surface area (Å²) in [7, 11) is 0. The number of nitrogens with one attached hydrogen (secondary N) is 2. The van der Waals surface area contributed by atoms with Crippen molar-refractivity contribution in [2.24, 2.45) is 0 Å². The van der Waals surface area contributed by atoms with Gasteiger partial charge in [0.15, 0.2) is 0 Å². The van der Waals surface area contributed by atoms with Crippen molar-refractivity contribution in [2.75, 3.05) is 39.4 Å². The number of hydrogen-bond acceptors (Lipinski definition) is 4. The van der Waals surface area contributed by atoms with Crippen LogP contribution in [0.3, 0.4) is 0 Å². The van der Waals surface area contributed by atoms with Crippen LogP contribution in [0.25, 0.3) is 0 Å². The number of ether oxygens (including phenoxy) is 1. The molecule has 0 spiro atoms. The maximum absolute atomic E-state index is 12.5. The normalized spacial score (nSPS) is 15.5. The van der Waals surface area contributed by atoms with E-state index in [4.69, 9.17) is 16.3 Å². The molecular formula is C22H26ClN3O3. The molecule has 0 aromatic heterocycles. The van der Waals surface area contributed by atoms with Crippen LogP contribution in [-0.2, 0) is 9.53 Å². The highest BCUT2D eigenvalue weighted by atomic mass is 35.5. The van der Waals surface area contributed by atoms with Gasteiger partial charge in [-0.25, -0.2) is 0 Å². The molecule has 0 unspecified atom stereocenters. The van der Waals surface area contributed by atoms with E-state index in [1.165, 1.54) is 0 Å². The first-order chi connectivity index (χ1) is 14.1. The highest BCUT2D eigenvalue weighted by molar-refractivity contribution is 6.30. The molecule has 2 N–H and O–H groups in total. The average Bonchev–Trinajstić information content (AvgIpc) is 2.75. The van der Waals surface area contributed by atoms with Crippen LogP contribution in [0.15, 0.2) is 54.6 Å². The zero-order valence-electron chi connectivity index (χ0n) is 16.3. The second-order valence-corrected chi connectivity index (χ2v) is 7.39. The fourth-order valence-electron chi connectivity index (χ4n) is 3.22. The van der Waals surface area contributed by atoms with Crippen molar-refractivity contribution in [1.82, 2.24) is 15.5 Å². The number of morpholine rings is 1. The molecule has 0 bridgehead atoms. The standard InChI is InChI=1S/C22H26ClN3O3/c23-19-8-6-18(7-9-19)22(28)24-11-10-21(27)25-20(17-4-2-1-3-5-17)16-26-12-14-29-15-13-26/h1-9,20H,10-16H2,(H,24,28)(H,25,27)/t20-/m1/s1. The maximum Gasteiger partial charge on any atom is 0.251 e. The molecule has 154 valence electrons.